The molecule has 0 saturated heterocycles. The van der Waals surface area contributed by atoms with E-state index in [2.05, 4.69) is 15.9 Å². The molecule has 0 radical (unpaired) electrons. The number of carboxylic acid groups (broad SMARTS) is 1. The third kappa shape index (κ3) is 3.05. The Balaban J connectivity index is 2.24. The van der Waals surface area contributed by atoms with Crippen molar-refractivity contribution >= 4 is 33.7 Å². The van der Waals surface area contributed by atoms with Crippen molar-refractivity contribution in [2.75, 3.05) is 0 Å². The van der Waals surface area contributed by atoms with Crippen LogP contribution in [0.2, 0.25) is 0 Å². The molecule has 0 amide bonds. The summed E-state index contributed by atoms with van der Waals surface area (Å²) in [5.74, 6) is -0.725. The van der Waals surface area contributed by atoms with Gasteiger partial charge in [0.25, 0.3) is 0 Å². The summed E-state index contributed by atoms with van der Waals surface area (Å²) in [6.45, 7) is 0. The van der Waals surface area contributed by atoms with Crippen LogP contribution in [-0.4, -0.2) is 16.2 Å². The van der Waals surface area contributed by atoms with Gasteiger partial charge in [0.2, 0.25) is 0 Å². The Labute approximate surface area is 117 Å². The van der Waals surface area contributed by atoms with Gasteiger partial charge in [-0.3, -0.25) is 0 Å². The number of aromatic carboxylic acids is 1. The molecule has 0 aliphatic carbocycles. The molecule has 92 valence electrons. The quantitative estimate of drug-likeness (QED) is 0.895. The summed E-state index contributed by atoms with van der Waals surface area (Å²) in [5, 5.41) is 18.1. The molecule has 0 atom stereocenters. The van der Waals surface area contributed by atoms with Gasteiger partial charge in [-0.1, -0.05) is 11.8 Å². The second-order valence-corrected chi connectivity index (χ2v) is 5.52. The molecule has 0 aliphatic rings. The van der Waals surface area contributed by atoms with Gasteiger partial charge in [-0.05, 0) is 58.4 Å². The first-order chi connectivity index (χ1) is 8.56. The molecular weight excluding hydrogens is 316 g/mol. The van der Waals surface area contributed by atoms with Crippen LogP contribution in [0.25, 0.3) is 0 Å². The lowest BCUT2D eigenvalue weighted by molar-refractivity contribution is 0.0696. The molecule has 0 aromatic heterocycles. The number of aromatic hydroxyl groups is 1. The Morgan fingerprint density at radius 2 is 1.78 bits per heavy atom. The van der Waals surface area contributed by atoms with Crippen LogP contribution in [0.1, 0.15) is 10.4 Å². The van der Waals surface area contributed by atoms with Crippen LogP contribution in [-0.2, 0) is 0 Å². The van der Waals surface area contributed by atoms with E-state index in [-0.39, 0.29) is 11.3 Å². The van der Waals surface area contributed by atoms with Crippen LogP contribution < -0.4 is 0 Å². The van der Waals surface area contributed by atoms with Crippen LogP contribution in [0.5, 0.6) is 5.75 Å². The van der Waals surface area contributed by atoms with Gasteiger partial charge in [0.1, 0.15) is 5.75 Å². The molecule has 5 heteroatoms. The summed E-state index contributed by atoms with van der Waals surface area (Å²) in [5.41, 5.74) is 0.247. The van der Waals surface area contributed by atoms with Gasteiger partial charge in [-0.25, -0.2) is 4.79 Å². The number of carboxylic acids is 1. The lowest BCUT2D eigenvalue weighted by atomic mass is 10.2. The minimum absolute atomic E-state index is 0.222. The Bertz CT molecular complexity index is 581. The Kier molecular flexibility index (Phi) is 3.93. The molecule has 2 aromatic rings. The van der Waals surface area contributed by atoms with E-state index in [1.165, 1.54) is 11.8 Å². The summed E-state index contributed by atoms with van der Waals surface area (Å²) >= 11 is 4.85. The van der Waals surface area contributed by atoms with Crippen molar-refractivity contribution in [3.8, 4) is 5.75 Å². The lowest BCUT2D eigenvalue weighted by Gasteiger charge is -2.05. The van der Waals surface area contributed by atoms with E-state index >= 15 is 0 Å². The number of hydrogen-bond donors (Lipinski definition) is 2. The molecule has 0 saturated carbocycles. The number of benzene rings is 2. The molecular formula is C13H9BrO3S. The van der Waals surface area contributed by atoms with Crippen LogP contribution in [0.3, 0.4) is 0 Å². The molecule has 0 fully saturated rings. The van der Waals surface area contributed by atoms with E-state index in [0.717, 1.165) is 14.3 Å². The number of hydrogen-bond acceptors (Lipinski definition) is 3. The first kappa shape index (κ1) is 13.0. The maximum absolute atomic E-state index is 10.8. The summed E-state index contributed by atoms with van der Waals surface area (Å²) in [4.78, 5) is 12.7. The highest BCUT2D eigenvalue weighted by Gasteiger charge is 2.07. The second kappa shape index (κ2) is 5.46. The second-order valence-electron chi connectivity index (χ2n) is 3.55. The highest BCUT2D eigenvalue weighted by atomic mass is 79.9. The van der Waals surface area contributed by atoms with Crippen molar-refractivity contribution in [2.24, 2.45) is 0 Å². The highest BCUT2D eigenvalue weighted by molar-refractivity contribution is 9.10. The van der Waals surface area contributed by atoms with Gasteiger partial charge < -0.3 is 10.2 Å². The number of rotatable bonds is 3. The first-order valence-corrected chi connectivity index (χ1v) is 6.67. The molecule has 0 bridgehead atoms. The SMILES string of the molecule is O=C(O)c1ccc(Sc2ccc(O)cc2)c(Br)c1. The van der Waals surface area contributed by atoms with Crippen molar-refractivity contribution in [3.63, 3.8) is 0 Å². The molecule has 0 aliphatic heterocycles. The molecule has 2 aromatic carbocycles. The van der Waals surface area contributed by atoms with E-state index in [4.69, 9.17) is 5.11 Å². The van der Waals surface area contributed by atoms with Crippen LogP contribution >= 0.6 is 27.7 Å². The normalized spacial score (nSPS) is 10.3. The maximum Gasteiger partial charge on any atom is 0.335 e. The van der Waals surface area contributed by atoms with Crippen LogP contribution in [0, 0.1) is 0 Å². The van der Waals surface area contributed by atoms with E-state index < -0.39 is 5.97 Å². The van der Waals surface area contributed by atoms with E-state index in [9.17, 15) is 9.90 Å². The predicted molar refractivity (Wildman–Crippen MR) is 73.3 cm³/mol. The number of halogens is 1. The third-order valence-corrected chi connectivity index (χ3v) is 4.25. The lowest BCUT2D eigenvalue weighted by Crippen LogP contribution is -1.95. The summed E-state index contributed by atoms with van der Waals surface area (Å²) in [6.07, 6.45) is 0. The fourth-order valence-electron chi connectivity index (χ4n) is 1.36. The zero-order chi connectivity index (χ0) is 13.1. The van der Waals surface area contributed by atoms with Gasteiger partial charge in [0, 0.05) is 14.3 Å². The zero-order valence-electron chi connectivity index (χ0n) is 9.13. The standard InChI is InChI=1S/C13H9BrO3S/c14-11-7-8(13(16)17)1-6-12(11)18-10-4-2-9(15)3-5-10/h1-7,15H,(H,16,17). The zero-order valence-corrected chi connectivity index (χ0v) is 11.5. The molecule has 2 rings (SSSR count). The highest BCUT2D eigenvalue weighted by Crippen LogP contribution is 2.34. The predicted octanol–water partition coefficient (Wildman–Crippen LogP) is 4.00. The van der Waals surface area contributed by atoms with Crippen molar-refractivity contribution in [1.29, 1.82) is 0 Å². The minimum Gasteiger partial charge on any atom is -0.508 e. The van der Waals surface area contributed by atoms with Gasteiger partial charge >= 0.3 is 5.97 Å². The Hall–Kier alpha value is -1.46. The van der Waals surface area contributed by atoms with Crippen molar-refractivity contribution < 1.29 is 15.0 Å². The molecule has 3 nitrogen and oxygen atoms in total. The Morgan fingerprint density at radius 1 is 1.11 bits per heavy atom. The molecule has 0 heterocycles. The van der Waals surface area contributed by atoms with Crippen LogP contribution in [0.4, 0.5) is 0 Å². The average Bonchev–Trinajstić information content (AvgIpc) is 2.34. The fourth-order valence-corrected chi connectivity index (χ4v) is 2.80. The topological polar surface area (TPSA) is 57.5 Å². The summed E-state index contributed by atoms with van der Waals surface area (Å²) in [7, 11) is 0. The van der Waals surface area contributed by atoms with Crippen molar-refractivity contribution in [2.45, 2.75) is 9.79 Å². The summed E-state index contributed by atoms with van der Waals surface area (Å²) < 4.78 is 0.737. The van der Waals surface area contributed by atoms with E-state index in [1.54, 1.807) is 42.5 Å². The number of phenols is 1. The molecule has 18 heavy (non-hydrogen) atoms. The maximum atomic E-state index is 10.8. The van der Waals surface area contributed by atoms with Crippen molar-refractivity contribution in [3.05, 3.63) is 52.5 Å². The van der Waals surface area contributed by atoms with Gasteiger partial charge in [-0.15, -0.1) is 0 Å². The average molecular weight is 325 g/mol. The monoisotopic (exact) mass is 324 g/mol. The van der Waals surface area contributed by atoms with Gasteiger partial charge in [0.15, 0.2) is 0 Å². The van der Waals surface area contributed by atoms with E-state index in [1.807, 2.05) is 0 Å². The van der Waals surface area contributed by atoms with Crippen molar-refractivity contribution in [1.82, 2.24) is 0 Å². The van der Waals surface area contributed by atoms with Crippen LogP contribution in [0.15, 0.2) is 56.7 Å². The first-order valence-electron chi connectivity index (χ1n) is 5.06. The van der Waals surface area contributed by atoms with E-state index in [0.29, 0.717) is 0 Å². The minimum atomic E-state index is -0.947. The smallest absolute Gasteiger partial charge is 0.335 e. The molecule has 0 unspecified atom stereocenters. The summed E-state index contributed by atoms with van der Waals surface area (Å²) in [6, 6.07) is 11.7. The van der Waals surface area contributed by atoms with Gasteiger partial charge in [-0.2, -0.15) is 0 Å². The molecule has 0 spiro atoms. The fraction of sp³-hybridized carbons (Fsp3) is 0. The largest absolute Gasteiger partial charge is 0.508 e. The number of phenolic OH excluding ortho intramolecular Hbond substituents is 1. The Morgan fingerprint density at radius 3 is 2.33 bits per heavy atom. The number of carbonyl (C=O) groups is 1. The third-order valence-electron chi connectivity index (χ3n) is 2.24. The van der Waals surface area contributed by atoms with Gasteiger partial charge in [0.05, 0.1) is 5.56 Å². The molecule has 2 N–H and O–H groups in total.